The highest BCUT2D eigenvalue weighted by Crippen LogP contribution is 2.39. The first-order valence-electron chi connectivity index (χ1n) is 8.20. The van der Waals surface area contributed by atoms with Crippen LogP contribution in [0.2, 0.25) is 0 Å². The molecule has 0 N–H and O–H groups in total. The van der Waals surface area contributed by atoms with Gasteiger partial charge >= 0.3 is 0 Å². The zero-order valence-electron chi connectivity index (χ0n) is 13.3. The number of rotatable bonds is 4. The van der Waals surface area contributed by atoms with Gasteiger partial charge in [0.05, 0.1) is 12.2 Å². The molecule has 120 valence electrons. The lowest BCUT2D eigenvalue weighted by atomic mass is 9.84. The minimum Gasteiger partial charge on any atom is -0.385 e. The van der Waals surface area contributed by atoms with Gasteiger partial charge in [-0.2, -0.15) is 0 Å². The fourth-order valence-corrected chi connectivity index (χ4v) is 3.64. The Morgan fingerprint density at radius 2 is 2.05 bits per heavy atom. The number of hydrogen-bond acceptors (Lipinski definition) is 3. The van der Waals surface area contributed by atoms with Crippen molar-refractivity contribution in [1.29, 1.82) is 0 Å². The molecule has 2 heterocycles. The molecule has 0 unspecified atom stereocenters. The third-order valence-electron chi connectivity index (χ3n) is 5.00. The van der Waals surface area contributed by atoms with Gasteiger partial charge in [0, 0.05) is 32.4 Å². The number of nitrogens with zero attached hydrogens (tertiary/aromatic N) is 1. The van der Waals surface area contributed by atoms with Crippen LogP contribution in [0.25, 0.3) is 0 Å². The first-order chi connectivity index (χ1) is 10.7. The van der Waals surface area contributed by atoms with Gasteiger partial charge in [-0.25, -0.2) is 0 Å². The molecule has 1 atom stereocenters. The molecule has 4 nitrogen and oxygen atoms in total. The Morgan fingerprint density at radius 1 is 1.32 bits per heavy atom. The normalized spacial score (nSPS) is 23.9. The molecule has 22 heavy (non-hydrogen) atoms. The second-order valence-corrected chi connectivity index (χ2v) is 6.50. The summed E-state index contributed by atoms with van der Waals surface area (Å²) in [6.45, 7) is 3.24. The van der Waals surface area contributed by atoms with Gasteiger partial charge in [-0.15, -0.1) is 0 Å². The van der Waals surface area contributed by atoms with Crippen molar-refractivity contribution in [3.8, 4) is 0 Å². The molecule has 1 amide bonds. The van der Waals surface area contributed by atoms with E-state index in [0.717, 1.165) is 57.6 Å². The molecule has 0 aromatic heterocycles. The summed E-state index contributed by atoms with van der Waals surface area (Å²) in [4.78, 5) is 14.4. The Kier molecular flexibility index (Phi) is 4.79. The predicted octanol–water partition coefficient (Wildman–Crippen LogP) is 2.73. The van der Waals surface area contributed by atoms with Crippen LogP contribution in [0.3, 0.4) is 0 Å². The monoisotopic (exact) mass is 303 g/mol. The largest absolute Gasteiger partial charge is 0.385 e. The Hall–Kier alpha value is -1.39. The summed E-state index contributed by atoms with van der Waals surface area (Å²) < 4.78 is 11.3. The summed E-state index contributed by atoms with van der Waals surface area (Å²) in [6.07, 6.45) is 4.10. The molecule has 1 spiro atoms. The second-order valence-electron chi connectivity index (χ2n) is 6.50. The molecule has 2 saturated heterocycles. The molecule has 1 aromatic carbocycles. The molecule has 2 fully saturated rings. The maximum absolute atomic E-state index is 12.5. The fourth-order valence-electron chi connectivity index (χ4n) is 3.64. The molecule has 2 aliphatic rings. The van der Waals surface area contributed by atoms with Gasteiger partial charge in [0.1, 0.15) is 0 Å². The molecule has 3 rings (SSSR count). The highest BCUT2D eigenvalue weighted by molar-refractivity contribution is 5.94. The second kappa shape index (κ2) is 6.80. The molecule has 1 aromatic rings. The maximum atomic E-state index is 12.5. The zero-order chi connectivity index (χ0) is 15.4. The number of piperidine rings is 1. The van der Waals surface area contributed by atoms with Gasteiger partial charge in [-0.05, 0) is 43.7 Å². The summed E-state index contributed by atoms with van der Waals surface area (Å²) >= 11 is 0. The molecule has 0 bridgehead atoms. The number of carbonyl (C=O) groups is 1. The van der Waals surface area contributed by atoms with E-state index in [1.165, 1.54) is 0 Å². The van der Waals surface area contributed by atoms with Crippen molar-refractivity contribution in [2.75, 3.05) is 33.4 Å². The summed E-state index contributed by atoms with van der Waals surface area (Å²) in [6, 6.07) is 9.55. The molecule has 0 radical (unpaired) electrons. The van der Waals surface area contributed by atoms with Crippen LogP contribution in [0.5, 0.6) is 0 Å². The van der Waals surface area contributed by atoms with Crippen LogP contribution in [0.4, 0.5) is 0 Å². The topological polar surface area (TPSA) is 38.8 Å². The quantitative estimate of drug-likeness (QED) is 0.858. The minimum absolute atomic E-state index is 0.00583. The molecule has 4 heteroatoms. The minimum atomic E-state index is 0.00583. The standard InChI is InChI=1S/C18H25NO3/c1-21-12-7-15-13-18(22-14-15)8-10-19(11-9-18)17(20)16-5-3-2-4-6-16/h2-6,15H,7-14H2,1H3/t15-/m1/s1. The van der Waals surface area contributed by atoms with E-state index in [1.54, 1.807) is 7.11 Å². The maximum Gasteiger partial charge on any atom is 0.253 e. The van der Waals surface area contributed by atoms with Crippen LogP contribution < -0.4 is 0 Å². The van der Waals surface area contributed by atoms with E-state index in [4.69, 9.17) is 9.47 Å². The number of carbonyl (C=O) groups excluding carboxylic acids is 1. The zero-order valence-corrected chi connectivity index (χ0v) is 13.3. The van der Waals surface area contributed by atoms with Crippen molar-refractivity contribution in [2.24, 2.45) is 5.92 Å². The van der Waals surface area contributed by atoms with Crippen molar-refractivity contribution in [2.45, 2.75) is 31.3 Å². The lowest BCUT2D eigenvalue weighted by molar-refractivity contribution is -0.0392. The van der Waals surface area contributed by atoms with E-state index >= 15 is 0 Å². The van der Waals surface area contributed by atoms with Crippen LogP contribution in [0.15, 0.2) is 30.3 Å². The van der Waals surface area contributed by atoms with Crippen LogP contribution in [0.1, 0.15) is 36.0 Å². The number of ether oxygens (including phenoxy) is 2. The molecule has 2 aliphatic heterocycles. The predicted molar refractivity (Wildman–Crippen MR) is 84.9 cm³/mol. The highest BCUT2D eigenvalue weighted by atomic mass is 16.5. The van der Waals surface area contributed by atoms with Gasteiger partial charge in [-0.1, -0.05) is 18.2 Å². The molecular formula is C18H25NO3. The SMILES string of the molecule is COCC[C@H]1COC2(CCN(C(=O)c3ccccc3)CC2)C1. The lowest BCUT2D eigenvalue weighted by Gasteiger charge is -2.38. The fraction of sp³-hybridized carbons (Fsp3) is 0.611. The third kappa shape index (κ3) is 3.33. The van der Waals surface area contributed by atoms with Gasteiger partial charge in [0.15, 0.2) is 0 Å². The Labute approximate surface area is 132 Å². The Balaban J connectivity index is 1.54. The van der Waals surface area contributed by atoms with E-state index in [9.17, 15) is 4.79 Å². The Morgan fingerprint density at radius 3 is 2.73 bits per heavy atom. The first kappa shape index (κ1) is 15.5. The number of methoxy groups -OCH3 is 1. The van der Waals surface area contributed by atoms with Crippen LogP contribution in [-0.2, 0) is 9.47 Å². The number of likely N-dealkylation sites (tertiary alicyclic amines) is 1. The average Bonchev–Trinajstić information content (AvgIpc) is 2.96. The van der Waals surface area contributed by atoms with Crippen LogP contribution in [0, 0.1) is 5.92 Å². The van der Waals surface area contributed by atoms with Crippen molar-refractivity contribution >= 4 is 5.91 Å². The van der Waals surface area contributed by atoms with E-state index < -0.39 is 0 Å². The van der Waals surface area contributed by atoms with Gasteiger partial charge in [-0.3, -0.25) is 4.79 Å². The van der Waals surface area contributed by atoms with E-state index in [2.05, 4.69) is 0 Å². The van der Waals surface area contributed by atoms with Crippen molar-refractivity contribution in [3.63, 3.8) is 0 Å². The summed E-state index contributed by atoms with van der Waals surface area (Å²) in [5, 5.41) is 0. The number of amides is 1. The molecular weight excluding hydrogens is 278 g/mol. The van der Waals surface area contributed by atoms with E-state index in [1.807, 2.05) is 35.2 Å². The van der Waals surface area contributed by atoms with Crippen molar-refractivity contribution in [3.05, 3.63) is 35.9 Å². The molecule has 0 saturated carbocycles. The Bertz CT molecular complexity index is 494. The van der Waals surface area contributed by atoms with Gasteiger partial charge in [0.25, 0.3) is 5.91 Å². The average molecular weight is 303 g/mol. The van der Waals surface area contributed by atoms with Crippen LogP contribution in [-0.4, -0.2) is 49.8 Å². The van der Waals surface area contributed by atoms with E-state index in [-0.39, 0.29) is 11.5 Å². The number of hydrogen-bond donors (Lipinski definition) is 0. The highest BCUT2D eigenvalue weighted by Gasteiger charge is 2.43. The number of benzene rings is 1. The lowest BCUT2D eigenvalue weighted by Crippen LogP contribution is -2.46. The van der Waals surface area contributed by atoms with Gasteiger partial charge in [0.2, 0.25) is 0 Å². The smallest absolute Gasteiger partial charge is 0.253 e. The third-order valence-corrected chi connectivity index (χ3v) is 5.00. The van der Waals surface area contributed by atoms with E-state index in [0.29, 0.717) is 5.92 Å². The molecule has 0 aliphatic carbocycles. The summed E-state index contributed by atoms with van der Waals surface area (Å²) in [5.74, 6) is 0.751. The first-order valence-corrected chi connectivity index (χ1v) is 8.20. The van der Waals surface area contributed by atoms with Crippen molar-refractivity contribution in [1.82, 2.24) is 4.90 Å². The van der Waals surface area contributed by atoms with Crippen LogP contribution >= 0.6 is 0 Å². The van der Waals surface area contributed by atoms with Gasteiger partial charge < -0.3 is 14.4 Å². The summed E-state index contributed by atoms with van der Waals surface area (Å²) in [5.41, 5.74) is 0.787. The van der Waals surface area contributed by atoms with Crippen molar-refractivity contribution < 1.29 is 14.3 Å². The summed E-state index contributed by atoms with van der Waals surface area (Å²) in [7, 11) is 1.75.